The van der Waals surface area contributed by atoms with Crippen molar-refractivity contribution < 1.29 is 22.6 Å². The van der Waals surface area contributed by atoms with Crippen molar-refractivity contribution in [2.75, 3.05) is 32.9 Å². The Morgan fingerprint density at radius 3 is 2.77 bits per heavy atom. The van der Waals surface area contributed by atoms with E-state index < -0.39 is 11.9 Å². The number of rotatable bonds is 3. The number of alkyl halides is 3. The maximum atomic E-state index is 13.1. The van der Waals surface area contributed by atoms with Gasteiger partial charge in [-0.3, -0.25) is 4.90 Å². The number of halogens is 3. The summed E-state index contributed by atoms with van der Waals surface area (Å²) in [6.07, 6.45) is -1.52. The van der Waals surface area contributed by atoms with Crippen LogP contribution in [0.3, 0.4) is 0 Å². The lowest BCUT2D eigenvalue weighted by atomic mass is 9.88. The number of para-hydroxylation sites is 1. The number of aliphatic imine (C=N–C) groups is 1. The number of aromatic nitrogens is 3. The summed E-state index contributed by atoms with van der Waals surface area (Å²) in [5, 5.41) is 0.231. The van der Waals surface area contributed by atoms with Crippen molar-refractivity contribution in [2.45, 2.75) is 18.1 Å². The van der Waals surface area contributed by atoms with Crippen molar-refractivity contribution in [3.8, 4) is 5.75 Å². The van der Waals surface area contributed by atoms with Crippen molar-refractivity contribution in [1.29, 1.82) is 0 Å². The average molecular weight is 431 g/mol. The Kier molecular flexibility index (Phi) is 5.11. The summed E-state index contributed by atoms with van der Waals surface area (Å²) in [5.41, 5.74) is 0.220. The number of fused-ring (bicyclic) bond motifs is 2. The van der Waals surface area contributed by atoms with Crippen LogP contribution >= 0.6 is 0 Å². The van der Waals surface area contributed by atoms with E-state index in [4.69, 9.17) is 9.47 Å². The molecule has 0 amide bonds. The number of hydrogen-bond acceptors (Lipinski definition) is 6. The molecule has 1 unspecified atom stereocenters. The number of morpholine rings is 1. The molecule has 1 fully saturated rings. The predicted molar refractivity (Wildman–Crippen MR) is 108 cm³/mol. The van der Waals surface area contributed by atoms with Gasteiger partial charge in [-0.25, -0.2) is 15.0 Å². The summed E-state index contributed by atoms with van der Waals surface area (Å²) < 4.78 is 50.8. The lowest BCUT2D eigenvalue weighted by molar-refractivity contribution is -0.140. The molecule has 2 aromatic heterocycles. The van der Waals surface area contributed by atoms with Gasteiger partial charge in [0.05, 0.1) is 24.6 Å². The molecule has 4 heterocycles. The van der Waals surface area contributed by atoms with Crippen molar-refractivity contribution in [2.24, 2.45) is 4.99 Å². The number of aromatic amines is 1. The summed E-state index contributed by atoms with van der Waals surface area (Å²) in [6, 6.07) is 8.79. The summed E-state index contributed by atoms with van der Waals surface area (Å²) in [4.78, 5) is 17.2. The lowest BCUT2D eigenvalue weighted by Gasteiger charge is -2.40. The van der Waals surface area contributed by atoms with Gasteiger partial charge in [0.25, 0.3) is 0 Å². The maximum absolute atomic E-state index is 13.1. The second-order valence-electron chi connectivity index (χ2n) is 7.51. The fourth-order valence-electron chi connectivity index (χ4n) is 4.13. The SMILES string of the molecule is FC(F)(F)c1cc2c(N=CC3c4ccccc4OC[C@H]3N3CCOCC3)ncnc2[nH]1. The molecule has 0 saturated carbocycles. The van der Waals surface area contributed by atoms with Gasteiger partial charge in [0.15, 0.2) is 5.82 Å². The second kappa shape index (κ2) is 7.93. The minimum absolute atomic E-state index is 0.0387. The van der Waals surface area contributed by atoms with Gasteiger partial charge in [-0.05, 0) is 12.1 Å². The Morgan fingerprint density at radius 2 is 1.97 bits per heavy atom. The molecule has 1 N–H and O–H groups in total. The first-order valence-corrected chi connectivity index (χ1v) is 9.99. The normalized spacial score (nSPS) is 22.5. The molecule has 7 nitrogen and oxygen atoms in total. The van der Waals surface area contributed by atoms with Crippen LogP contribution in [0.2, 0.25) is 0 Å². The molecule has 0 radical (unpaired) electrons. The third-order valence-electron chi connectivity index (χ3n) is 5.68. The van der Waals surface area contributed by atoms with Crippen LogP contribution in [0.4, 0.5) is 19.0 Å². The zero-order valence-electron chi connectivity index (χ0n) is 16.5. The standard InChI is InChI=1S/C21H20F3N5O2/c22-21(23,24)18-9-14-19(26-12-27-20(14)28-18)25-10-15-13-3-1-2-4-17(13)31-11-16(15)29-5-7-30-8-6-29/h1-4,9-10,12,15-16H,5-8,11H2,(H,26,27,28)/t15?,16-/m1/s1. The number of H-pyrrole nitrogens is 1. The van der Waals surface area contributed by atoms with Gasteiger partial charge in [0.1, 0.15) is 30.0 Å². The van der Waals surface area contributed by atoms with Gasteiger partial charge in [-0.1, -0.05) is 18.2 Å². The Labute approximate surface area is 175 Å². The Balaban J connectivity index is 1.52. The van der Waals surface area contributed by atoms with Gasteiger partial charge in [-0.15, -0.1) is 0 Å². The molecule has 162 valence electrons. The molecular formula is C21H20F3N5O2. The number of benzene rings is 1. The number of nitrogens with one attached hydrogen (secondary N) is 1. The number of hydrogen-bond donors (Lipinski definition) is 1. The van der Waals surface area contributed by atoms with Crippen LogP contribution in [0.15, 0.2) is 41.7 Å². The minimum Gasteiger partial charge on any atom is -0.492 e. The van der Waals surface area contributed by atoms with Crippen LogP contribution in [-0.2, 0) is 10.9 Å². The fourth-order valence-corrected chi connectivity index (χ4v) is 4.13. The highest BCUT2D eigenvalue weighted by atomic mass is 19.4. The number of nitrogens with zero attached hydrogens (tertiary/aromatic N) is 4. The molecule has 2 aliphatic rings. The molecule has 1 aromatic carbocycles. The van der Waals surface area contributed by atoms with E-state index in [1.165, 1.54) is 6.33 Å². The Morgan fingerprint density at radius 1 is 1.16 bits per heavy atom. The van der Waals surface area contributed by atoms with Crippen LogP contribution < -0.4 is 4.74 Å². The predicted octanol–water partition coefficient (Wildman–Crippen LogP) is 3.56. The van der Waals surface area contributed by atoms with E-state index in [0.29, 0.717) is 19.8 Å². The highest BCUT2D eigenvalue weighted by Gasteiger charge is 2.35. The third kappa shape index (κ3) is 3.88. The van der Waals surface area contributed by atoms with Crippen molar-refractivity contribution in [1.82, 2.24) is 19.9 Å². The quantitative estimate of drug-likeness (QED) is 0.642. The average Bonchev–Trinajstić information content (AvgIpc) is 3.24. The third-order valence-corrected chi connectivity index (χ3v) is 5.68. The highest BCUT2D eigenvalue weighted by Crippen LogP contribution is 2.36. The van der Waals surface area contributed by atoms with E-state index >= 15 is 0 Å². The van der Waals surface area contributed by atoms with E-state index in [0.717, 1.165) is 30.5 Å². The van der Waals surface area contributed by atoms with Crippen molar-refractivity contribution in [3.63, 3.8) is 0 Å². The van der Waals surface area contributed by atoms with E-state index in [1.807, 2.05) is 24.3 Å². The molecular weight excluding hydrogens is 411 g/mol. The Hall–Kier alpha value is -2.98. The van der Waals surface area contributed by atoms with Gasteiger partial charge < -0.3 is 14.5 Å². The lowest BCUT2D eigenvalue weighted by Crippen LogP contribution is -2.50. The van der Waals surface area contributed by atoms with Crippen LogP contribution in [0.25, 0.3) is 11.0 Å². The zero-order chi connectivity index (χ0) is 21.4. The number of ether oxygens (including phenoxy) is 2. The van der Waals surface area contributed by atoms with E-state index in [-0.39, 0.29) is 28.8 Å². The van der Waals surface area contributed by atoms with Gasteiger partial charge >= 0.3 is 6.18 Å². The van der Waals surface area contributed by atoms with E-state index in [2.05, 4.69) is 24.8 Å². The van der Waals surface area contributed by atoms with Gasteiger partial charge in [-0.2, -0.15) is 13.2 Å². The minimum atomic E-state index is -4.50. The molecule has 3 aromatic rings. The molecule has 1 saturated heterocycles. The van der Waals surface area contributed by atoms with Crippen LogP contribution in [0.5, 0.6) is 5.75 Å². The summed E-state index contributed by atoms with van der Waals surface area (Å²) >= 11 is 0. The molecule has 2 aliphatic heterocycles. The molecule has 0 bridgehead atoms. The van der Waals surface area contributed by atoms with Crippen molar-refractivity contribution in [3.05, 3.63) is 47.9 Å². The van der Waals surface area contributed by atoms with E-state index in [1.54, 1.807) is 6.21 Å². The first kappa shape index (κ1) is 20.0. The molecule has 5 rings (SSSR count). The molecule has 10 heteroatoms. The van der Waals surface area contributed by atoms with Crippen LogP contribution in [0, 0.1) is 0 Å². The van der Waals surface area contributed by atoms with Gasteiger partial charge in [0, 0.05) is 30.8 Å². The fraction of sp³-hybridized carbons (Fsp3) is 0.381. The van der Waals surface area contributed by atoms with Crippen LogP contribution in [-0.4, -0.2) is 65.0 Å². The first-order chi connectivity index (χ1) is 15.0. The largest absolute Gasteiger partial charge is 0.492 e. The first-order valence-electron chi connectivity index (χ1n) is 9.99. The monoisotopic (exact) mass is 431 g/mol. The Bertz CT molecular complexity index is 1110. The van der Waals surface area contributed by atoms with Crippen molar-refractivity contribution >= 4 is 23.1 Å². The zero-order valence-corrected chi connectivity index (χ0v) is 16.5. The second-order valence-corrected chi connectivity index (χ2v) is 7.51. The molecule has 31 heavy (non-hydrogen) atoms. The topological polar surface area (TPSA) is 75.6 Å². The highest BCUT2D eigenvalue weighted by molar-refractivity contribution is 5.88. The summed E-state index contributed by atoms with van der Waals surface area (Å²) in [5.74, 6) is 0.882. The maximum Gasteiger partial charge on any atom is 0.431 e. The molecule has 0 aliphatic carbocycles. The molecule has 2 atom stereocenters. The smallest absolute Gasteiger partial charge is 0.431 e. The summed E-state index contributed by atoms with van der Waals surface area (Å²) in [6.45, 7) is 3.36. The summed E-state index contributed by atoms with van der Waals surface area (Å²) in [7, 11) is 0. The van der Waals surface area contributed by atoms with Crippen LogP contribution in [0.1, 0.15) is 17.2 Å². The van der Waals surface area contributed by atoms with Gasteiger partial charge in [0.2, 0.25) is 0 Å². The molecule has 0 spiro atoms. The van der Waals surface area contributed by atoms with E-state index in [9.17, 15) is 13.2 Å².